The summed E-state index contributed by atoms with van der Waals surface area (Å²) in [5.74, 6) is 0.00359. The fraction of sp³-hybridized carbons (Fsp3) is 0.486. The molecule has 2 N–H and O–H groups in total. The van der Waals surface area contributed by atoms with Crippen LogP contribution in [0, 0.1) is 17.1 Å². The van der Waals surface area contributed by atoms with E-state index in [4.69, 9.17) is 24.2 Å². The van der Waals surface area contributed by atoms with Gasteiger partial charge in [-0.3, -0.25) is 15.2 Å². The maximum absolute atomic E-state index is 15.4. The molecule has 3 fully saturated rings. The fourth-order valence-electron chi connectivity index (χ4n) is 7.86. The van der Waals surface area contributed by atoms with Crippen LogP contribution in [0.5, 0.6) is 6.01 Å². The molecule has 0 radical (unpaired) electrons. The number of aliphatic hydroxyl groups is 1. The summed E-state index contributed by atoms with van der Waals surface area (Å²) < 4.78 is 48.5. The molecule has 278 valence electrons. The van der Waals surface area contributed by atoms with Gasteiger partial charge in [-0.1, -0.05) is 6.07 Å². The highest BCUT2D eigenvalue weighted by Gasteiger charge is 2.49. The van der Waals surface area contributed by atoms with Gasteiger partial charge >= 0.3 is 12.1 Å². The lowest BCUT2D eigenvalue weighted by Crippen LogP contribution is -2.43. The van der Waals surface area contributed by atoms with Gasteiger partial charge in [0.25, 0.3) is 0 Å². The van der Waals surface area contributed by atoms with Crippen molar-refractivity contribution in [1.29, 1.82) is 5.26 Å². The molecule has 16 heteroatoms. The maximum Gasteiger partial charge on any atom is 0.412 e. The van der Waals surface area contributed by atoms with Gasteiger partial charge in [-0.25, -0.2) is 13.6 Å². The summed E-state index contributed by atoms with van der Waals surface area (Å²) in [7, 11) is 0. The van der Waals surface area contributed by atoms with Crippen molar-refractivity contribution in [2.75, 3.05) is 56.2 Å². The summed E-state index contributed by atoms with van der Waals surface area (Å²) in [6.07, 6.45) is 3.95. The van der Waals surface area contributed by atoms with Gasteiger partial charge in [-0.05, 0) is 58.7 Å². The van der Waals surface area contributed by atoms with Gasteiger partial charge in [0.15, 0.2) is 0 Å². The molecule has 0 bridgehead atoms. The zero-order valence-electron chi connectivity index (χ0n) is 29.8. The zero-order valence-corrected chi connectivity index (χ0v) is 31.4. The molecule has 1 aromatic carbocycles. The molecule has 3 aliphatic rings. The van der Waals surface area contributed by atoms with Crippen LogP contribution in [0.4, 0.5) is 24.4 Å². The van der Waals surface area contributed by atoms with Crippen LogP contribution in [0.2, 0.25) is 0 Å². The predicted octanol–water partition coefficient (Wildman–Crippen LogP) is 7.02. The fourth-order valence-corrected chi connectivity index (χ4v) is 10.1. The van der Waals surface area contributed by atoms with Crippen molar-refractivity contribution in [3.63, 3.8) is 0 Å². The number of aromatic nitrogens is 3. The third-order valence-electron chi connectivity index (χ3n) is 9.99. The second-order valence-corrected chi connectivity index (χ2v) is 17.4. The predicted molar refractivity (Wildman–Crippen MR) is 200 cm³/mol. The number of fused-ring (bicyclic) bond motifs is 5. The second-order valence-electron chi connectivity index (χ2n) is 15.4. The van der Waals surface area contributed by atoms with E-state index in [-0.39, 0.29) is 41.0 Å². The molecule has 5 aromatic rings. The summed E-state index contributed by atoms with van der Waals surface area (Å²) in [5, 5.41) is 26.1. The molecular weight excluding hydrogens is 725 g/mol. The van der Waals surface area contributed by atoms with E-state index in [9.17, 15) is 19.6 Å². The molecule has 12 nitrogen and oxygen atoms in total. The van der Waals surface area contributed by atoms with Crippen LogP contribution in [0.1, 0.15) is 52.5 Å². The molecule has 53 heavy (non-hydrogen) atoms. The molecule has 3 aliphatic heterocycles. The third kappa shape index (κ3) is 6.63. The van der Waals surface area contributed by atoms with Crippen LogP contribution < -0.4 is 15.0 Å². The number of carbonyl (C=O) groups is 1. The zero-order chi connectivity index (χ0) is 37.3. The molecule has 0 unspecified atom stereocenters. The first-order valence-corrected chi connectivity index (χ1v) is 19.2. The number of rotatable bonds is 6. The van der Waals surface area contributed by atoms with Crippen molar-refractivity contribution in [1.82, 2.24) is 19.9 Å². The molecule has 1 amide bonds. The van der Waals surface area contributed by atoms with E-state index >= 15 is 4.39 Å². The summed E-state index contributed by atoms with van der Waals surface area (Å²) in [6, 6.07) is 5.27. The van der Waals surface area contributed by atoms with Gasteiger partial charge in [0.1, 0.15) is 51.5 Å². The number of pyridine rings is 1. The number of β-amino-alcohol motifs (C(OH)–C–C–N with tert-alkyl or cyclic N) is 1. The van der Waals surface area contributed by atoms with Crippen LogP contribution in [-0.4, -0.2) is 100.0 Å². The summed E-state index contributed by atoms with van der Waals surface area (Å²) in [6.45, 7) is 9.58. The molecule has 0 spiro atoms. The van der Waals surface area contributed by atoms with E-state index < -0.39 is 34.8 Å². The van der Waals surface area contributed by atoms with Crippen molar-refractivity contribution in [2.45, 2.75) is 69.9 Å². The number of halogens is 2. The summed E-state index contributed by atoms with van der Waals surface area (Å²) in [4.78, 5) is 31.9. The third-order valence-corrected chi connectivity index (χ3v) is 12.2. The minimum atomic E-state index is -1.16. The lowest BCUT2D eigenvalue weighted by Gasteiger charge is -2.31. The Bertz CT molecular complexity index is 2300. The number of nitrogens with zero attached hydrogens (tertiary/aromatic N) is 6. The summed E-state index contributed by atoms with van der Waals surface area (Å²) >= 11 is 2.34. The number of ether oxygens (including phenoxy) is 3. The van der Waals surface area contributed by atoms with Crippen LogP contribution in [-0.2, 0) is 9.47 Å². The minimum absolute atomic E-state index is 0.106. The van der Waals surface area contributed by atoms with E-state index in [0.717, 1.165) is 40.8 Å². The minimum Gasteiger partial charge on any atom is -0.461 e. The number of hydrogen-bond donors (Lipinski definition) is 2. The Balaban J connectivity index is 1.27. The number of amides is 1. The Morgan fingerprint density at radius 1 is 1.19 bits per heavy atom. The van der Waals surface area contributed by atoms with Crippen molar-refractivity contribution >= 4 is 70.0 Å². The number of alkyl halides is 1. The maximum atomic E-state index is 15.4. The lowest BCUT2D eigenvalue weighted by atomic mass is 9.95. The van der Waals surface area contributed by atoms with Crippen LogP contribution >= 0.6 is 22.7 Å². The van der Waals surface area contributed by atoms with Gasteiger partial charge in [0.05, 0.1) is 40.9 Å². The summed E-state index contributed by atoms with van der Waals surface area (Å²) in [5.41, 5.74) is -1.05. The van der Waals surface area contributed by atoms with Gasteiger partial charge in [-0.15, -0.1) is 22.7 Å². The first-order chi connectivity index (χ1) is 25.2. The molecule has 3 atom stereocenters. The van der Waals surface area contributed by atoms with Gasteiger partial charge in [-0.2, -0.15) is 15.2 Å². The quantitative estimate of drug-likeness (QED) is 0.184. The topological polar surface area (TPSA) is 146 Å². The van der Waals surface area contributed by atoms with E-state index in [1.54, 1.807) is 46.2 Å². The highest BCUT2D eigenvalue weighted by molar-refractivity contribution is 7.26. The number of thiophene rings is 2. The molecular formula is C37H39F2N7O5S2. The van der Waals surface area contributed by atoms with Crippen molar-refractivity contribution in [3.8, 4) is 23.2 Å². The molecule has 3 saturated heterocycles. The molecule has 7 heterocycles. The molecule has 0 saturated carbocycles. The highest BCUT2D eigenvalue weighted by Crippen LogP contribution is 2.48. The van der Waals surface area contributed by atoms with Crippen LogP contribution in [0.3, 0.4) is 0 Å². The Morgan fingerprint density at radius 3 is 2.81 bits per heavy atom. The Hall–Kier alpha value is -4.27. The number of nitriles is 1. The SMILES string of the molecule is CC(C)(C)OC(=O)Nc1sc2c(F)ccc(-c3cncc4c3sc3nc(OC[C@@]56CCCN5C[C@H](F)C6)nc(N5CCOC[C@@](C)(O)C5)c34)c2c1C#N. The van der Waals surface area contributed by atoms with E-state index in [1.165, 1.54) is 17.4 Å². The normalized spacial score (nSPS) is 23.7. The Labute approximate surface area is 312 Å². The van der Waals surface area contributed by atoms with E-state index in [1.807, 2.05) is 4.90 Å². The number of anilines is 2. The molecule has 0 aliphatic carbocycles. The number of carbonyl (C=O) groups excluding carboxylic acids is 1. The molecule has 4 aromatic heterocycles. The Kier molecular flexibility index (Phi) is 8.93. The van der Waals surface area contributed by atoms with Gasteiger partial charge < -0.3 is 24.2 Å². The monoisotopic (exact) mass is 763 g/mol. The van der Waals surface area contributed by atoms with Gasteiger partial charge in [0, 0.05) is 52.9 Å². The second kappa shape index (κ2) is 13.2. The van der Waals surface area contributed by atoms with Gasteiger partial charge in [0.2, 0.25) is 0 Å². The number of hydrogen-bond acceptors (Lipinski definition) is 13. The van der Waals surface area contributed by atoms with Crippen molar-refractivity contribution in [2.24, 2.45) is 0 Å². The van der Waals surface area contributed by atoms with E-state index in [2.05, 4.69) is 21.3 Å². The van der Waals surface area contributed by atoms with Crippen molar-refractivity contribution < 1.29 is 32.9 Å². The average Bonchev–Trinajstić information content (AvgIpc) is 3.80. The standard InChI is InChI=1S/C37H39F2N7O5S2/c1-35(2,3)51-34(47)44-31-22(13-40)26-21(6-7-25(39)29(26)53-31)23-14-41-15-24-27-30(45-10-11-49-18-36(4,48)17-45)42-33(43-32(27)52-28(23)24)50-19-37-8-5-9-46(37)16-20(38)12-37/h6-7,14-15,20,48H,5,8-12,16-19H2,1-4H3,(H,44,47)/t20-,36+,37+/m1/s1. The first-order valence-electron chi connectivity index (χ1n) is 17.5. The number of benzene rings is 1. The average molecular weight is 764 g/mol. The first kappa shape index (κ1) is 35.7. The van der Waals surface area contributed by atoms with Crippen molar-refractivity contribution in [3.05, 3.63) is 35.9 Å². The van der Waals surface area contributed by atoms with Crippen LogP contribution in [0.25, 0.3) is 41.5 Å². The smallest absolute Gasteiger partial charge is 0.412 e. The lowest BCUT2D eigenvalue weighted by molar-refractivity contribution is -0.0123. The highest BCUT2D eigenvalue weighted by atomic mass is 32.1. The molecule has 8 rings (SSSR count). The largest absolute Gasteiger partial charge is 0.461 e. The Morgan fingerprint density at radius 2 is 2.02 bits per heavy atom. The van der Waals surface area contributed by atoms with E-state index in [0.29, 0.717) is 58.7 Å². The van der Waals surface area contributed by atoms with Crippen LogP contribution in [0.15, 0.2) is 24.5 Å². The number of nitrogens with one attached hydrogen (secondary N) is 1.